The van der Waals surface area contributed by atoms with Gasteiger partial charge in [-0.25, -0.2) is 9.18 Å². The van der Waals surface area contributed by atoms with Crippen LogP contribution in [0.1, 0.15) is 17.5 Å². The molecule has 20 heavy (non-hydrogen) atoms. The Kier molecular flexibility index (Phi) is 6.53. The van der Waals surface area contributed by atoms with Crippen LogP contribution >= 0.6 is 11.8 Å². The van der Waals surface area contributed by atoms with Crippen LogP contribution in [0.15, 0.2) is 18.2 Å². The number of carboxylic acid groups (broad SMARTS) is 1. The van der Waals surface area contributed by atoms with Crippen LogP contribution in [0, 0.1) is 17.1 Å². The molecule has 2 N–H and O–H groups in total. The molecule has 106 valence electrons. The molecule has 0 aliphatic heterocycles. The summed E-state index contributed by atoms with van der Waals surface area (Å²) in [5.41, 5.74) is 0.401. The molecule has 0 fully saturated rings. The zero-order chi connectivity index (χ0) is 15.0. The first-order valence-corrected chi connectivity index (χ1v) is 6.93. The minimum Gasteiger partial charge on any atom is -0.480 e. The number of hydrogen-bond donors (Lipinski definition) is 2. The van der Waals surface area contributed by atoms with Crippen molar-refractivity contribution in [2.45, 2.75) is 18.2 Å². The molecule has 1 rings (SSSR count). The van der Waals surface area contributed by atoms with Crippen molar-refractivity contribution in [2.75, 3.05) is 5.75 Å². The van der Waals surface area contributed by atoms with Gasteiger partial charge in [-0.1, -0.05) is 12.1 Å². The maximum atomic E-state index is 13.7. The number of nitriles is 1. The zero-order valence-corrected chi connectivity index (χ0v) is 11.3. The van der Waals surface area contributed by atoms with Crippen LogP contribution in [0.2, 0.25) is 0 Å². The zero-order valence-electron chi connectivity index (χ0n) is 10.5. The van der Waals surface area contributed by atoms with E-state index in [1.54, 1.807) is 18.2 Å². The fourth-order valence-corrected chi connectivity index (χ4v) is 2.51. The second-order valence-electron chi connectivity index (χ2n) is 3.91. The Morgan fingerprint density at radius 1 is 1.60 bits per heavy atom. The number of nitrogens with zero attached hydrogens (tertiary/aromatic N) is 1. The molecule has 0 saturated carbocycles. The van der Waals surface area contributed by atoms with E-state index in [1.807, 2.05) is 0 Å². The Morgan fingerprint density at radius 3 is 2.95 bits per heavy atom. The minimum atomic E-state index is -1.10. The number of nitrogens with one attached hydrogen (secondary N) is 1. The van der Waals surface area contributed by atoms with Crippen molar-refractivity contribution < 1.29 is 19.1 Å². The van der Waals surface area contributed by atoms with Crippen molar-refractivity contribution in [2.24, 2.45) is 0 Å². The summed E-state index contributed by atoms with van der Waals surface area (Å²) in [7, 11) is 0. The highest BCUT2D eigenvalue weighted by atomic mass is 32.2. The molecule has 7 heteroatoms. The summed E-state index contributed by atoms with van der Waals surface area (Å²) in [6.07, 6.45) is 0.595. The van der Waals surface area contributed by atoms with Crippen molar-refractivity contribution in [3.63, 3.8) is 0 Å². The molecule has 0 bridgehead atoms. The number of carbonyl (C=O) groups excluding carboxylic acids is 1. The van der Waals surface area contributed by atoms with Gasteiger partial charge in [-0.05, 0) is 23.8 Å². The summed E-state index contributed by atoms with van der Waals surface area (Å²) < 4.78 is 13.7. The van der Waals surface area contributed by atoms with E-state index in [4.69, 9.17) is 10.4 Å². The van der Waals surface area contributed by atoms with Gasteiger partial charge in [0.25, 0.3) is 0 Å². The first kappa shape index (κ1) is 16.0. The third kappa shape index (κ3) is 4.55. The highest BCUT2D eigenvalue weighted by Gasteiger charge is 2.15. The van der Waals surface area contributed by atoms with Gasteiger partial charge >= 0.3 is 5.97 Å². The van der Waals surface area contributed by atoms with Gasteiger partial charge in [0.1, 0.15) is 17.9 Å². The van der Waals surface area contributed by atoms with Crippen LogP contribution < -0.4 is 5.32 Å². The van der Waals surface area contributed by atoms with Crippen LogP contribution in [-0.4, -0.2) is 29.3 Å². The Morgan fingerprint density at radius 2 is 2.35 bits per heavy atom. The fraction of sp³-hybridized carbons (Fsp3) is 0.308. The standard InChI is InChI=1S/C13H13FN2O3S/c14-12-9(6-15)2-1-3-10(12)7-20-5-4-11(13(18)19)16-8-17/h1-3,8,11H,4-5,7H2,(H,16,17)(H,18,19). The van der Waals surface area contributed by atoms with Gasteiger partial charge in [-0.2, -0.15) is 17.0 Å². The third-order valence-electron chi connectivity index (χ3n) is 2.57. The summed E-state index contributed by atoms with van der Waals surface area (Å²) in [5, 5.41) is 19.7. The van der Waals surface area contributed by atoms with Crippen molar-refractivity contribution in [3.05, 3.63) is 35.1 Å². The molecular weight excluding hydrogens is 283 g/mol. The fourth-order valence-electron chi connectivity index (χ4n) is 1.52. The largest absolute Gasteiger partial charge is 0.480 e. The van der Waals surface area contributed by atoms with Crippen LogP contribution in [0.4, 0.5) is 4.39 Å². The van der Waals surface area contributed by atoms with Gasteiger partial charge in [-0.15, -0.1) is 0 Å². The second kappa shape index (κ2) is 8.17. The maximum Gasteiger partial charge on any atom is 0.326 e. The molecule has 1 aromatic rings. The molecule has 0 aliphatic carbocycles. The quantitative estimate of drug-likeness (QED) is 0.560. The van der Waals surface area contributed by atoms with Crippen molar-refractivity contribution in [3.8, 4) is 6.07 Å². The maximum absolute atomic E-state index is 13.7. The molecule has 0 radical (unpaired) electrons. The lowest BCUT2D eigenvalue weighted by Crippen LogP contribution is -2.36. The number of rotatable bonds is 8. The van der Waals surface area contributed by atoms with E-state index < -0.39 is 17.8 Å². The second-order valence-corrected chi connectivity index (χ2v) is 5.01. The Hall–Kier alpha value is -2.07. The van der Waals surface area contributed by atoms with Crippen LogP contribution in [0.25, 0.3) is 0 Å². The predicted octanol–water partition coefficient (Wildman–Crippen LogP) is 1.52. The van der Waals surface area contributed by atoms with Gasteiger partial charge in [0, 0.05) is 5.75 Å². The summed E-state index contributed by atoms with van der Waals surface area (Å²) in [6, 6.07) is 5.42. The molecule has 0 aliphatic rings. The monoisotopic (exact) mass is 296 g/mol. The molecule has 0 spiro atoms. The number of hydrogen-bond acceptors (Lipinski definition) is 4. The van der Waals surface area contributed by atoms with E-state index in [0.717, 1.165) is 0 Å². The van der Waals surface area contributed by atoms with Crippen molar-refractivity contribution >= 4 is 24.1 Å². The number of benzene rings is 1. The average molecular weight is 296 g/mol. The van der Waals surface area contributed by atoms with Gasteiger partial charge < -0.3 is 10.4 Å². The smallest absolute Gasteiger partial charge is 0.326 e. The van der Waals surface area contributed by atoms with E-state index >= 15 is 0 Å². The predicted molar refractivity (Wildman–Crippen MR) is 72.5 cm³/mol. The lowest BCUT2D eigenvalue weighted by atomic mass is 10.1. The topological polar surface area (TPSA) is 90.2 Å². The molecule has 0 heterocycles. The number of amides is 1. The average Bonchev–Trinajstić information content (AvgIpc) is 2.43. The summed E-state index contributed by atoms with van der Waals surface area (Å²) in [6.45, 7) is 0. The van der Waals surface area contributed by atoms with E-state index in [1.165, 1.54) is 17.8 Å². The number of carbonyl (C=O) groups is 2. The van der Waals surface area contributed by atoms with Crippen LogP contribution in [0.3, 0.4) is 0 Å². The highest BCUT2D eigenvalue weighted by Crippen LogP contribution is 2.19. The summed E-state index contributed by atoms with van der Waals surface area (Å²) >= 11 is 1.34. The molecule has 5 nitrogen and oxygen atoms in total. The van der Waals surface area contributed by atoms with Gasteiger partial charge in [0.2, 0.25) is 6.41 Å². The van der Waals surface area contributed by atoms with E-state index in [-0.39, 0.29) is 12.0 Å². The van der Waals surface area contributed by atoms with Crippen LogP contribution in [-0.2, 0) is 15.3 Å². The summed E-state index contributed by atoms with van der Waals surface area (Å²) in [4.78, 5) is 21.0. The van der Waals surface area contributed by atoms with E-state index in [2.05, 4.69) is 5.32 Å². The minimum absolute atomic E-state index is 0.00543. The molecular formula is C13H13FN2O3S. The SMILES string of the molecule is N#Cc1cccc(CSCCC(NC=O)C(=O)O)c1F. The molecule has 0 aromatic heterocycles. The number of aliphatic carboxylic acids is 1. The Balaban J connectivity index is 2.47. The van der Waals surface area contributed by atoms with E-state index in [9.17, 15) is 14.0 Å². The first-order valence-electron chi connectivity index (χ1n) is 5.78. The lowest BCUT2D eigenvalue weighted by molar-refractivity contribution is -0.140. The van der Waals surface area contributed by atoms with Gasteiger partial charge in [0.05, 0.1) is 5.56 Å². The first-order chi connectivity index (χ1) is 9.60. The lowest BCUT2D eigenvalue weighted by Gasteiger charge is -2.10. The van der Waals surface area contributed by atoms with Gasteiger partial charge in [0.15, 0.2) is 0 Å². The Bertz CT molecular complexity index is 531. The molecule has 1 atom stereocenters. The molecule has 1 unspecified atom stereocenters. The van der Waals surface area contributed by atoms with Gasteiger partial charge in [-0.3, -0.25) is 4.79 Å². The van der Waals surface area contributed by atoms with Crippen molar-refractivity contribution in [1.82, 2.24) is 5.32 Å². The number of carboxylic acids is 1. The third-order valence-corrected chi connectivity index (χ3v) is 3.61. The molecule has 1 aromatic carbocycles. The Labute approximate surface area is 119 Å². The number of halogens is 1. The number of thioether (sulfide) groups is 1. The molecule has 1 amide bonds. The highest BCUT2D eigenvalue weighted by molar-refractivity contribution is 7.98. The van der Waals surface area contributed by atoms with Crippen molar-refractivity contribution in [1.29, 1.82) is 5.26 Å². The van der Waals surface area contributed by atoms with Crippen LogP contribution in [0.5, 0.6) is 0 Å². The van der Waals surface area contributed by atoms with E-state index in [0.29, 0.717) is 23.5 Å². The molecule has 0 saturated heterocycles. The normalized spacial score (nSPS) is 11.4. The summed E-state index contributed by atoms with van der Waals surface area (Å²) in [5.74, 6) is -0.846.